The van der Waals surface area contributed by atoms with E-state index in [0.29, 0.717) is 26.3 Å². The minimum Gasteiger partial charge on any atom is -0.378 e. The molecule has 1 N–H and O–H groups in total. The van der Waals surface area contributed by atoms with Crippen LogP contribution in [-0.4, -0.2) is 57.2 Å². The lowest BCUT2D eigenvalue weighted by Gasteiger charge is -2.34. The Morgan fingerprint density at radius 2 is 1.54 bits per heavy atom. The number of morpholine rings is 1. The van der Waals surface area contributed by atoms with Gasteiger partial charge in [0.25, 0.3) is 0 Å². The average molecular weight is 404 g/mol. The zero-order valence-electron chi connectivity index (χ0n) is 15.6. The molecule has 0 aromatic heterocycles. The molecule has 0 radical (unpaired) electrons. The van der Waals surface area contributed by atoms with Gasteiger partial charge < -0.3 is 9.64 Å². The third-order valence-corrected chi connectivity index (χ3v) is 7.14. The summed E-state index contributed by atoms with van der Waals surface area (Å²) in [4.78, 5) is 27.7. The van der Waals surface area contributed by atoms with Crippen LogP contribution >= 0.6 is 0 Å². The molecule has 1 heterocycles. The van der Waals surface area contributed by atoms with Crippen LogP contribution in [0.15, 0.2) is 34.9 Å². The molecule has 3 aliphatic rings. The number of hydrogen-bond donors (Lipinski definition) is 1. The summed E-state index contributed by atoms with van der Waals surface area (Å²) in [5, 5.41) is 0. The second-order valence-electron chi connectivity index (χ2n) is 7.44. The number of rotatable bonds is 4. The topological polar surface area (TPSA) is 92.8 Å². The van der Waals surface area contributed by atoms with Crippen molar-refractivity contribution in [3.8, 4) is 0 Å². The summed E-state index contributed by atoms with van der Waals surface area (Å²) in [7, 11) is -4.13. The van der Waals surface area contributed by atoms with Gasteiger partial charge in [0.05, 0.1) is 13.2 Å². The molecule has 4 rings (SSSR count). The molecule has 0 spiro atoms. The van der Waals surface area contributed by atoms with Gasteiger partial charge in [0.1, 0.15) is 5.70 Å². The predicted molar refractivity (Wildman–Crippen MR) is 103 cm³/mol. The summed E-state index contributed by atoms with van der Waals surface area (Å²) in [6.45, 7) is 1.52. The number of fused-ring (bicyclic) bond motifs is 1. The fourth-order valence-electron chi connectivity index (χ4n) is 4.16. The first kappa shape index (κ1) is 19.3. The van der Waals surface area contributed by atoms with Gasteiger partial charge in [0.15, 0.2) is 4.91 Å². The Balaban J connectivity index is 1.80. The van der Waals surface area contributed by atoms with E-state index in [2.05, 4.69) is 4.72 Å². The summed E-state index contributed by atoms with van der Waals surface area (Å²) >= 11 is 0. The summed E-state index contributed by atoms with van der Waals surface area (Å²) in [6.07, 6.45) is 4.50. The number of ether oxygens (including phenoxy) is 1. The zero-order chi connectivity index (χ0) is 19.7. The van der Waals surface area contributed by atoms with E-state index >= 15 is 0 Å². The van der Waals surface area contributed by atoms with Gasteiger partial charge in [-0.1, -0.05) is 43.5 Å². The number of ketones is 2. The van der Waals surface area contributed by atoms with Crippen LogP contribution in [-0.2, 0) is 14.8 Å². The number of carbonyl (C=O) groups excluding carboxylic acids is 2. The lowest BCUT2D eigenvalue weighted by molar-refractivity contribution is 0.0499. The maximum Gasteiger partial charge on any atom is 0.246 e. The highest BCUT2D eigenvalue weighted by Gasteiger charge is 2.42. The van der Waals surface area contributed by atoms with E-state index in [-0.39, 0.29) is 22.9 Å². The summed E-state index contributed by atoms with van der Waals surface area (Å²) in [6, 6.07) is 6.22. The molecular weight excluding hydrogens is 380 g/mol. The van der Waals surface area contributed by atoms with Crippen molar-refractivity contribution in [1.82, 2.24) is 9.62 Å². The Bertz CT molecular complexity index is 926. The van der Waals surface area contributed by atoms with Crippen LogP contribution in [0.25, 0.3) is 0 Å². The number of nitrogens with zero attached hydrogens (tertiary/aromatic N) is 1. The number of benzene rings is 1. The van der Waals surface area contributed by atoms with Crippen LogP contribution in [0.4, 0.5) is 0 Å². The van der Waals surface area contributed by atoms with Crippen molar-refractivity contribution in [2.45, 2.75) is 38.1 Å². The smallest absolute Gasteiger partial charge is 0.246 e. The number of nitrogens with one attached hydrogen (secondary N) is 1. The van der Waals surface area contributed by atoms with Crippen molar-refractivity contribution in [3.05, 3.63) is 46.0 Å². The molecular formula is C20H24N2O5S. The van der Waals surface area contributed by atoms with Crippen molar-refractivity contribution in [3.63, 3.8) is 0 Å². The van der Waals surface area contributed by atoms with Crippen LogP contribution in [0.2, 0.25) is 0 Å². The van der Waals surface area contributed by atoms with Crippen LogP contribution < -0.4 is 4.72 Å². The van der Waals surface area contributed by atoms with Gasteiger partial charge in [-0.15, -0.1) is 0 Å². The molecule has 8 heteroatoms. The van der Waals surface area contributed by atoms with E-state index in [4.69, 9.17) is 4.74 Å². The lowest BCUT2D eigenvalue weighted by atomic mass is 9.91. The maximum absolute atomic E-state index is 13.3. The minimum atomic E-state index is -4.13. The number of sulfonamides is 1. The average Bonchev–Trinajstić information content (AvgIpc) is 2.71. The molecule has 28 heavy (non-hydrogen) atoms. The first-order valence-corrected chi connectivity index (χ1v) is 11.2. The van der Waals surface area contributed by atoms with Crippen LogP contribution in [0.5, 0.6) is 0 Å². The van der Waals surface area contributed by atoms with E-state index in [0.717, 1.165) is 32.1 Å². The van der Waals surface area contributed by atoms with E-state index in [9.17, 15) is 18.0 Å². The standard InChI is InChI=1S/C20H24N2O5S/c23-18-15-8-4-5-9-16(15)19(24)20(17(18)22-10-12-27-13-11-22)28(25,26)21-14-6-2-1-3-7-14/h4-5,8-9,14,21H,1-3,6-7,10-13H2. The lowest BCUT2D eigenvalue weighted by Crippen LogP contribution is -2.45. The zero-order valence-corrected chi connectivity index (χ0v) is 16.5. The molecule has 2 aliphatic carbocycles. The second-order valence-corrected chi connectivity index (χ2v) is 9.09. The first-order valence-electron chi connectivity index (χ1n) is 9.77. The Labute approximate surface area is 164 Å². The highest BCUT2D eigenvalue weighted by Crippen LogP contribution is 2.32. The minimum absolute atomic E-state index is 0.0182. The van der Waals surface area contributed by atoms with Crippen molar-refractivity contribution < 1.29 is 22.7 Å². The van der Waals surface area contributed by atoms with E-state index in [1.807, 2.05) is 0 Å². The Morgan fingerprint density at radius 3 is 2.18 bits per heavy atom. The Morgan fingerprint density at radius 1 is 0.929 bits per heavy atom. The molecule has 1 saturated heterocycles. The van der Waals surface area contributed by atoms with Crippen LogP contribution in [0.1, 0.15) is 52.8 Å². The fourth-order valence-corrected chi connectivity index (χ4v) is 5.78. The quantitative estimate of drug-likeness (QED) is 0.824. The van der Waals surface area contributed by atoms with Gasteiger partial charge in [-0.3, -0.25) is 9.59 Å². The summed E-state index contributed by atoms with van der Waals surface area (Å²) < 4.78 is 34.6. The fraction of sp³-hybridized carbons (Fsp3) is 0.500. The van der Waals surface area contributed by atoms with E-state index in [1.54, 1.807) is 23.1 Å². The molecule has 1 saturated carbocycles. The molecule has 150 valence electrons. The van der Waals surface area contributed by atoms with Gasteiger partial charge in [0, 0.05) is 30.3 Å². The SMILES string of the molecule is O=C1C(N2CCOCC2)=C(S(=O)(=O)NC2CCCCC2)C(=O)c2ccccc21. The van der Waals surface area contributed by atoms with Crippen molar-refractivity contribution in [2.24, 2.45) is 0 Å². The van der Waals surface area contributed by atoms with Crippen LogP contribution in [0.3, 0.4) is 0 Å². The monoisotopic (exact) mass is 404 g/mol. The molecule has 7 nitrogen and oxygen atoms in total. The molecule has 1 aliphatic heterocycles. The van der Waals surface area contributed by atoms with Gasteiger partial charge in [0.2, 0.25) is 21.6 Å². The molecule has 0 unspecified atom stereocenters. The first-order chi connectivity index (χ1) is 13.5. The van der Waals surface area contributed by atoms with Gasteiger partial charge in [-0.05, 0) is 12.8 Å². The number of carbonyl (C=O) groups is 2. The van der Waals surface area contributed by atoms with Gasteiger partial charge in [-0.25, -0.2) is 13.1 Å². The molecule has 0 bridgehead atoms. The largest absolute Gasteiger partial charge is 0.378 e. The highest BCUT2D eigenvalue weighted by molar-refractivity contribution is 7.94. The molecule has 0 atom stereocenters. The molecule has 1 aromatic carbocycles. The summed E-state index contributed by atoms with van der Waals surface area (Å²) in [5.41, 5.74) is 0.384. The number of allylic oxidation sites excluding steroid dienone is 2. The van der Waals surface area contributed by atoms with Gasteiger partial charge >= 0.3 is 0 Å². The molecule has 2 fully saturated rings. The normalized spacial score (nSPS) is 21.8. The summed E-state index contributed by atoms with van der Waals surface area (Å²) in [5.74, 6) is -1.03. The van der Waals surface area contributed by atoms with Crippen molar-refractivity contribution in [2.75, 3.05) is 26.3 Å². The second kappa shape index (κ2) is 7.77. The molecule has 0 amide bonds. The van der Waals surface area contributed by atoms with Crippen molar-refractivity contribution in [1.29, 1.82) is 0 Å². The maximum atomic E-state index is 13.3. The Kier molecular flexibility index (Phi) is 5.35. The number of Topliss-reactive ketones (excluding diaryl/α,β-unsaturated/α-hetero) is 2. The van der Waals surface area contributed by atoms with E-state index in [1.165, 1.54) is 6.07 Å². The third-order valence-electron chi connectivity index (χ3n) is 5.58. The highest BCUT2D eigenvalue weighted by atomic mass is 32.2. The Hall–Kier alpha value is -2.03. The van der Waals surface area contributed by atoms with E-state index < -0.39 is 26.5 Å². The van der Waals surface area contributed by atoms with Crippen LogP contribution in [0, 0.1) is 0 Å². The third kappa shape index (κ3) is 3.52. The predicted octanol–water partition coefficient (Wildman–Crippen LogP) is 1.86. The van der Waals surface area contributed by atoms with Crippen molar-refractivity contribution >= 4 is 21.6 Å². The van der Waals surface area contributed by atoms with Gasteiger partial charge in [-0.2, -0.15) is 0 Å². The molecule has 1 aromatic rings. The number of hydrogen-bond acceptors (Lipinski definition) is 6.